The van der Waals surface area contributed by atoms with Crippen molar-refractivity contribution in [1.29, 1.82) is 0 Å². The van der Waals surface area contributed by atoms with Gasteiger partial charge in [0.2, 0.25) is 0 Å². The lowest BCUT2D eigenvalue weighted by Gasteiger charge is -2.34. The predicted molar refractivity (Wildman–Crippen MR) is 121 cm³/mol. The van der Waals surface area contributed by atoms with Crippen LogP contribution in [-0.4, -0.2) is 25.0 Å². The highest BCUT2D eigenvalue weighted by molar-refractivity contribution is 7.92. The average molecular weight is 486 g/mol. The molecule has 10 heteroatoms. The molecular weight excluding hydrogens is 464 g/mol. The number of ether oxygens (including phenoxy) is 1. The summed E-state index contributed by atoms with van der Waals surface area (Å²) in [5.41, 5.74) is 6.54. The van der Waals surface area contributed by atoms with E-state index in [-0.39, 0.29) is 23.1 Å². The molecule has 1 aliphatic carbocycles. The summed E-state index contributed by atoms with van der Waals surface area (Å²) in [5, 5.41) is 1.20. The molecule has 0 unspecified atom stereocenters. The number of benzene rings is 2. The van der Waals surface area contributed by atoms with Gasteiger partial charge >= 0.3 is 0 Å². The van der Waals surface area contributed by atoms with Gasteiger partial charge in [-0.15, -0.1) is 0 Å². The molecule has 31 heavy (non-hydrogen) atoms. The number of hydrogen-bond donors (Lipinski definition) is 3. The number of rotatable bonds is 5. The molecular formula is C21H22Cl2FN3O3S. The smallest absolute Gasteiger partial charge is 0.264 e. The zero-order chi connectivity index (χ0) is 22.4. The lowest BCUT2D eigenvalue weighted by atomic mass is 9.83. The molecule has 1 saturated carbocycles. The summed E-state index contributed by atoms with van der Waals surface area (Å²) in [6.45, 7) is 2.01. The molecule has 166 valence electrons. The van der Waals surface area contributed by atoms with E-state index in [1.807, 2.05) is 6.92 Å². The number of aromatic amines is 1. The van der Waals surface area contributed by atoms with Gasteiger partial charge in [-0.25, -0.2) is 12.8 Å². The van der Waals surface area contributed by atoms with Crippen molar-refractivity contribution in [2.45, 2.75) is 49.1 Å². The Balaban J connectivity index is 1.55. The molecule has 0 bridgehead atoms. The van der Waals surface area contributed by atoms with Gasteiger partial charge in [0.25, 0.3) is 10.0 Å². The van der Waals surface area contributed by atoms with Gasteiger partial charge in [0, 0.05) is 23.2 Å². The highest BCUT2D eigenvalue weighted by Gasteiger charge is 2.29. The number of nitrogens with one attached hydrogen (secondary N) is 2. The van der Waals surface area contributed by atoms with Crippen LogP contribution in [0.3, 0.4) is 0 Å². The van der Waals surface area contributed by atoms with Crippen LogP contribution < -0.4 is 15.2 Å². The van der Waals surface area contributed by atoms with E-state index in [0.717, 1.165) is 31.7 Å². The maximum absolute atomic E-state index is 14.7. The summed E-state index contributed by atoms with van der Waals surface area (Å²) in [5.74, 6) is -0.619. The first-order valence-electron chi connectivity index (χ1n) is 9.79. The quantitative estimate of drug-likeness (QED) is 0.447. The van der Waals surface area contributed by atoms with E-state index < -0.39 is 20.7 Å². The molecule has 0 saturated heterocycles. The van der Waals surface area contributed by atoms with Gasteiger partial charge < -0.3 is 15.5 Å². The number of H-pyrrole nitrogens is 1. The number of fused-ring (bicyclic) bond motifs is 1. The van der Waals surface area contributed by atoms with Crippen LogP contribution in [0.15, 0.2) is 41.4 Å². The fraction of sp³-hybridized carbons (Fsp3) is 0.333. The average Bonchev–Trinajstić information content (AvgIpc) is 3.08. The minimum absolute atomic E-state index is 0.0726. The van der Waals surface area contributed by atoms with E-state index in [4.69, 9.17) is 33.7 Å². The second-order valence-corrected chi connectivity index (χ2v) is 10.6. The third-order valence-electron chi connectivity index (χ3n) is 5.55. The Morgan fingerprint density at radius 1 is 1.19 bits per heavy atom. The molecule has 0 spiro atoms. The largest absolute Gasteiger partial charge is 0.490 e. The number of nitrogens with two attached hydrogens (primary N) is 1. The molecule has 0 aliphatic heterocycles. The normalized spacial score (nSPS) is 21.9. The summed E-state index contributed by atoms with van der Waals surface area (Å²) < 4.78 is 48.7. The SMILES string of the molecule is CC1(N)CCC(Oc2ccc(S(=O)(=O)Nc3ccc(Cl)c4c(Cl)c[nH]c34)c(F)c2)CC1. The number of hydrogen-bond acceptors (Lipinski definition) is 4. The lowest BCUT2D eigenvalue weighted by molar-refractivity contribution is 0.123. The molecule has 3 aromatic rings. The van der Waals surface area contributed by atoms with Gasteiger partial charge in [0.15, 0.2) is 0 Å². The number of sulfonamides is 1. The monoisotopic (exact) mass is 485 g/mol. The topological polar surface area (TPSA) is 97.2 Å². The first kappa shape index (κ1) is 22.2. The summed E-state index contributed by atoms with van der Waals surface area (Å²) in [6.07, 6.45) is 4.59. The Kier molecular flexibility index (Phi) is 5.85. The van der Waals surface area contributed by atoms with Crippen LogP contribution >= 0.6 is 23.2 Å². The van der Waals surface area contributed by atoms with Gasteiger partial charge in [-0.2, -0.15) is 0 Å². The Morgan fingerprint density at radius 3 is 2.58 bits per heavy atom. The highest BCUT2D eigenvalue weighted by atomic mass is 35.5. The summed E-state index contributed by atoms with van der Waals surface area (Å²) in [6, 6.07) is 6.74. The van der Waals surface area contributed by atoms with E-state index in [1.54, 1.807) is 0 Å². The van der Waals surface area contributed by atoms with Gasteiger partial charge in [0.1, 0.15) is 16.5 Å². The highest BCUT2D eigenvalue weighted by Crippen LogP contribution is 2.36. The Bertz CT molecular complexity index is 1230. The van der Waals surface area contributed by atoms with Gasteiger partial charge in [0.05, 0.1) is 27.4 Å². The first-order chi connectivity index (χ1) is 14.6. The predicted octanol–water partition coefficient (Wildman–Crippen LogP) is 5.45. The number of aromatic nitrogens is 1. The second kappa shape index (κ2) is 8.16. The number of halogens is 3. The van der Waals surface area contributed by atoms with Crippen LogP contribution in [0.4, 0.5) is 10.1 Å². The Labute approximate surface area is 189 Å². The molecule has 0 atom stereocenters. The van der Waals surface area contributed by atoms with Crippen LogP contribution in [0.2, 0.25) is 10.0 Å². The molecule has 0 amide bonds. The van der Waals surface area contributed by atoms with E-state index in [1.165, 1.54) is 30.5 Å². The molecule has 6 nitrogen and oxygen atoms in total. The minimum Gasteiger partial charge on any atom is -0.490 e. The molecule has 1 fully saturated rings. The molecule has 4 rings (SSSR count). The third kappa shape index (κ3) is 4.62. The van der Waals surface area contributed by atoms with E-state index in [2.05, 4.69) is 9.71 Å². The van der Waals surface area contributed by atoms with Crippen molar-refractivity contribution in [3.05, 3.63) is 52.4 Å². The zero-order valence-electron chi connectivity index (χ0n) is 16.7. The first-order valence-corrected chi connectivity index (χ1v) is 12.0. The Hall–Kier alpha value is -2.00. The Morgan fingerprint density at radius 2 is 1.90 bits per heavy atom. The van der Waals surface area contributed by atoms with Gasteiger partial charge in [-0.05, 0) is 56.9 Å². The van der Waals surface area contributed by atoms with Crippen molar-refractivity contribution in [2.75, 3.05) is 4.72 Å². The van der Waals surface area contributed by atoms with Crippen molar-refractivity contribution in [3.8, 4) is 5.75 Å². The summed E-state index contributed by atoms with van der Waals surface area (Å²) in [7, 11) is -4.21. The van der Waals surface area contributed by atoms with Crippen molar-refractivity contribution in [3.63, 3.8) is 0 Å². The molecule has 2 aromatic carbocycles. The van der Waals surface area contributed by atoms with E-state index >= 15 is 0 Å². The van der Waals surface area contributed by atoms with Crippen LogP contribution in [0.5, 0.6) is 5.75 Å². The maximum Gasteiger partial charge on any atom is 0.264 e. The fourth-order valence-corrected chi connectivity index (χ4v) is 5.48. The zero-order valence-corrected chi connectivity index (χ0v) is 19.0. The van der Waals surface area contributed by atoms with Gasteiger partial charge in [-0.3, -0.25) is 4.72 Å². The fourth-order valence-electron chi connectivity index (χ4n) is 3.79. The van der Waals surface area contributed by atoms with Crippen LogP contribution in [0.1, 0.15) is 32.6 Å². The van der Waals surface area contributed by atoms with Crippen LogP contribution in [0, 0.1) is 5.82 Å². The summed E-state index contributed by atoms with van der Waals surface area (Å²) >= 11 is 12.2. The minimum atomic E-state index is -4.21. The second-order valence-electron chi connectivity index (χ2n) is 8.15. The molecule has 1 aliphatic rings. The summed E-state index contributed by atoms with van der Waals surface area (Å²) in [4.78, 5) is 2.39. The lowest BCUT2D eigenvalue weighted by Crippen LogP contribution is -2.42. The molecule has 1 heterocycles. The number of anilines is 1. The van der Waals surface area contributed by atoms with Crippen LogP contribution in [-0.2, 0) is 10.0 Å². The molecule has 0 radical (unpaired) electrons. The van der Waals surface area contributed by atoms with Crippen molar-refractivity contribution in [2.24, 2.45) is 5.73 Å². The van der Waals surface area contributed by atoms with E-state index in [0.29, 0.717) is 20.9 Å². The van der Waals surface area contributed by atoms with Crippen molar-refractivity contribution in [1.82, 2.24) is 4.98 Å². The van der Waals surface area contributed by atoms with E-state index in [9.17, 15) is 12.8 Å². The maximum atomic E-state index is 14.7. The molecule has 4 N–H and O–H groups in total. The van der Waals surface area contributed by atoms with Gasteiger partial charge in [-0.1, -0.05) is 23.2 Å². The standard InChI is InChI=1S/C21H22Cl2FN3O3S/c1-21(25)8-6-12(7-9-21)30-13-2-5-18(16(24)10-13)31(28,29)27-17-4-3-14(22)19-15(23)11-26-20(17)19/h2-5,10-12,26-27H,6-9,25H2,1H3. The van der Waals surface area contributed by atoms with Crippen LogP contribution in [0.25, 0.3) is 10.9 Å². The molecule has 1 aromatic heterocycles. The van der Waals surface area contributed by atoms with Crippen molar-refractivity contribution < 1.29 is 17.5 Å². The van der Waals surface area contributed by atoms with Crippen molar-refractivity contribution >= 4 is 49.8 Å². The third-order valence-corrected chi connectivity index (χ3v) is 7.56.